The molecule has 1 unspecified atom stereocenters. The van der Waals surface area contributed by atoms with Crippen molar-refractivity contribution in [3.05, 3.63) is 88.6 Å². The minimum Gasteiger partial charge on any atom is -0.474 e. The van der Waals surface area contributed by atoms with Crippen molar-refractivity contribution in [1.82, 2.24) is 15.8 Å². The molecule has 10 nitrogen and oxygen atoms in total. The summed E-state index contributed by atoms with van der Waals surface area (Å²) >= 11 is 0. The van der Waals surface area contributed by atoms with E-state index < -0.39 is 76.6 Å². The van der Waals surface area contributed by atoms with Gasteiger partial charge in [0.15, 0.2) is 0 Å². The van der Waals surface area contributed by atoms with Gasteiger partial charge in [0.1, 0.15) is 11.7 Å². The van der Waals surface area contributed by atoms with Crippen molar-refractivity contribution in [2.24, 2.45) is 0 Å². The Labute approximate surface area is 235 Å². The summed E-state index contributed by atoms with van der Waals surface area (Å²) < 4.78 is 93.9. The van der Waals surface area contributed by atoms with Crippen molar-refractivity contribution in [1.29, 1.82) is 0 Å². The van der Waals surface area contributed by atoms with Crippen molar-refractivity contribution in [2.75, 3.05) is 0 Å². The molecule has 2 N–H and O–H groups in total. The number of hydrogen-bond donors (Lipinski definition) is 2. The highest BCUT2D eigenvalue weighted by Crippen LogP contribution is 2.40. The number of pyridine rings is 1. The first-order chi connectivity index (χ1) is 19.6. The van der Waals surface area contributed by atoms with E-state index in [1.165, 1.54) is 42.7 Å². The van der Waals surface area contributed by atoms with Gasteiger partial charge in [-0.1, -0.05) is 42.5 Å². The van der Waals surface area contributed by atoms with Crippen LogP contribution in [0.25, 0.3) is 0 Å². The van der Waals surface area contributed by atoms with Crippen molar-refractivity contribution in [3.63, 3.8) is 0 Å². The summed E-state index contributed by atoms with van der Waals surface area (Å²) in [6.45, 7) is 7.41. The second-order valence-electron chi connectivity index (χ2n) is 8.75. The standard InChI is InChI=1S/C26H26F6N4O6/c1-4-6-13-24(26(30,31)32,41-15-17-11-8-7-9-12-17)23(38)35-34-21(37)20-19(36(39)40)14-18(25(27,28)29)22(33-20)42-16(3)10-5-2/h4-5,7-9,11-12,14,16H,1-2,6,10,13,15H2,3H3,(H,34,37)(H,35,38)/t16?,24-/m1/s1. The highest BCUT2D eigenvalue weighted by atomic mass is 19.4. The van der Waals surface area contributed by atoms with Crippen molar-refractivity contribution >= 4 is 17.5 Å². The van der Waals surface area contributed by atoms with Crippen LogP contribution in [0.15, 0.2) is 61.7 Å². The number of nitrogens with one attached hydrogen (secondary N) is 2. The first-order valence-corrected chi connectivity index (χ1v) is 12.1. The maximum absolute atomic E-state index is 14.3. The summed E-state index contributed by atoms with van der Waals surface area (Å²) in [4.78, 5) is 39.2. The molecular weight excluding hydrogens is 578 g/mol. The van der Waals surface area contributed by atoms with E-state index in [0.29, 0.717) is 0 Å². The van der Waals surface area contributed by atoms with E-state index in [-0.39, 0.29) is 24.5 Å². The van der Waals surface area contributed by atoms with E-state index in [9.17, 15) is 46.0 Å². The highest BCUT2D eigenvalue weighted by Gasteiger charge is 2.61. The number of halogens is 6. The van der Waals surface area contributed by atoms with Crippen LogP contribution in [0, 0.1) is 10.1 Å². The molecule has 42 heavy (non-hydrogen) atoms. The Bertz CT molecular complexity index is 1300. The van der Waals surface area contributed by atoms with Crippen LogP contribution in [-0.2, 0) is 22.3 Å². The zero-order valence-corrected chi connectivity index (χ0v) is 22.1. The molecular formula is C26H26F6N4O6. The van der Waals surface area contributed by atoms with Crippen LogP contribution in [0.1, 0.15) is 47.8 Å². The van der Waals surface area contributed by atoms with E-state index in [2.05, 4.69) is 18.1 Å². The zero-order chi connectivity index (χ0) is 31.7. The smallest absolute Gasteiger partial charge is 0.426 e. The molecule has 228 valence electrons. The number of nitro groups is 1. The van der Waals surface area contributed by atoms with Crippen LogP contribution >= 0.6 is 0 Å². The van der Waals surface area contributed by atoms with Crippen LogP contribution in [0.2, 0.25) is 0 Å². The molecule has 2 rings (SSSR count). The summed E-state index contributed by atoms with van der Waals surface area (Å²) in [5.41, 5.74) is -4.60. The Hall–Kier alpha value is -4.47. The third-order valence-corrected chi connectivity index (χ3v) is 5.64. The Morgan fingerprint density at radius 2 is 1.74 bits per heavy atom. The van der Waals surface area contributed by atoms with E-state index >= 15 is 0 Å². The summed E-state index contributed by atoms with van der Waals surface area (Å²) in [5, 5.41) is 11.5. The Balaban J connectivity index is 2.46. The van der Waals surface area contributed by atoms with Gasteiger partial charge >= 0.3 is 18.0 Å². The number of rotatable bonds is 13. The molecule has 2 amide bonds. The molecule has 0 bridgehead atoms. The monoisotopic (exact) mass is 604 g/mol. The number of nitrogens with zero attached hydrogens (tertiary/aromatic N) is 2. The molecule has 0 aliphatic rings. The molecule has 0 radical (unpaired) electrons. The number of allylic oxidation sites excluding steroid dienone is 1. The lowest BCUT2D eigenvalue weighted by Gasteiger charge is -2.34. The maximum Gasteiger partial charge on any atom is 0.426 e. The number of aromatic nitrogens is 1. The lowest BCUT2D eigenvalue weighted by atomic mass is 9.95. The molecule has 1 aromatic heterocycles. The quantitative estimate of drug-likeness (QED) is 0.132. The third kappa shape index (κ3) is 8.28. The molecule has 0 fully saturated rings. The topological polar surface area (TPSA) is 133 Å². The number of carbonyl (C=O) groups is 2. The van der Waals surface area contributed by atoms with Gasteiger partial charge in [0.25, 0.3) is 11.8 Å². The fraction of sp³-hybridized carbons (Fsp3) is 0.346. The summed E-state index contributed by atoms with van der Waals surface area (Å²) in [6.07, 6.45) is -10.4. The number of amides is 2. The molecule has 2 atom stereocenters. The predicted octanol–water partition coefficient (Wildman–Crippen LogP) is 5.60. The van der Waals surface area contributed by atoms with Crippen molar-refractivity contribution < 1.29 is 50.3 Å². The molecule has 1 aromatic carbocycles. The van der Waals surface area contributed by atoms with Gasteiger partial charge in [-0.3, -0.25) is 30.6 Å². The van der Waals surface area contributed by atoms with E-state index in [1.807, 2.05) is 0 Å². The van der Waals surface area contributed by atoms with Gasteiger partial charge in [0.2, 0.25) is 17.2 Å². The molecule has 0 aliphatic carbocycles. The number of benzene rings is 1. The van der Waals surface area contributed by atoms with Gasteiger partial charge in [-0.2, -0.15) is 26.3 Å². The molecule has 0 saturated heterocycles. The normalized spacial score (nSPS) is 13.8. The predicted molar refractivity (Wildman–Crippen MR) is 136 cm³/mol. The van der Waals surface area contributed by atoms with Crippen molar-refractivity contribution in [2.45, 2.75) is 56.9 Å². The van der Waals surface area contributed by atoms with Gasteiger partial charge in [0, 0.05) is 12.5 Å². The third-order valence-electron chi connectivity index (χ3n) is 5.64. The largest absolute Gasteiger partial charge is 0.474 e. The van der Waals surface area contributed by atoms with Crippen LogP contribution in [-0.4, -0.2) is 39.6 Å². The van der Waals surface area contributed by atoms with Crippen LogP contribution in [0.4, 0.5) is 32.0 Å². The average molecular weight is 605 g/mol. The molecule has 16 heteroatoms. The second kappa shape index (κ2) is 13.9. The van der Waals surface area contributed by atoms with Crippen LogP contribution in [0.3, 0.4) is 0 Å². The average Bonchev–Trinajstić information content (AvgIpc) is 2.90. The van der Waals surface area contributed by atoms with E-state index in [1.54, 1.807) is 11.5 Å². The van der Waals surface area contributed by atoms with E-state index in [4.69, 9.17) is 9.47 Å². The van der Waals surface area contributed by atoms with Crippen LogP contribution < -0.4 is 15.6 Å². The molecule has 2 aromatic rings. The number of ether oxygens (including phenoxy) is 2. The van der Waals surface area contributed by atoms with Gasteiger partial charge in [0.05, 0.1) is 11.5 Å². The summed E-state index contributed by atoms with van der Waals surface area (Å²) in [7, 11) is 0. The first-order valence-electron chi connectivity index (χ1n) is 12.1. The summed E-state index contributed by atoms with van der Waals surface area (Å²) in [6, 6.07) is 7.53. The Morgan fingerprint density at radius 1 is 1.10 bits per heavy atom. The number of hydrazine groups is 1. The van der Waals surface area contributed by atoms with Gasteiger partial charge in [-0.05, 0) is 25.3 Å². The maximum atomic E-state index is 14.3. The zero-order valence-electron chi connectivity index (χ0n) is 22.1. The molecule has 0 aliphatic heterocycles. The fourth-order valence-electron chi connectivity index (χ4n) is 3.52. The molecule has 1 heterocycles. The Kier molecular flexibility index (Phi) is 11.2. The number of alkyl halides is 6. The first kappa shape index (κ1) is 33.7. The van der Waals surface area contributed by atoms with Crippen LogP contribution in [0.5, 0.6) is 5.88 Å². The lowest BCUT2D eigenvalue weighted by Crippen LogP contribution is -2.61. The minimum atomic E-state index is -5.33. The van der Waals surface area contributed by atoms with Crippen molar-refractivity contribution in [3.8, 4) is 5.88 Å². The van der Waals surface area contributed by atoms with Gasteiger partial charge in [-0.25, -0.2) is 4.98 Å². The lowest BCUT2D eigenvalue weighted by molar-refractivity contribution is -0.385. The van der Waals surface area contributed by atoms with Gasteiger partial charge in [-0.15, -0.1) is 13.2 Å². The SMILES string of the molecule is C=CCC[C@@](OCc1ccccc1)(C(=O)NNC(=O)c1nc(OC(C)CC=C)c(C(F)(F)F)cc1[N+](=O)[O-])C(F)(F)F. The molecule has 0 spiro atoms. The fourth-order valence-corrected chi connectivity index (χ4v) is 3.52. The molecule has 0 saturated carbocycles. The minimum absolute atomic E-state index is 0.00718. The summed E-state index contributed by atoms with van der Waals surface area (Å²) in [5.74, 6) is -4.82. The second-order valence-corrected chi connectivity index (χ2v) is 8.75. The highest BCUT2D eigenvalue weighted by molar-refractivity contribution is 5.98. The number of hydrogen-bond acceptors (Lipinski definition) is 7. The Morgan fingerprint density at radius 3 is 2.26 bits per heavy atom. The number of carbonyl (C=O) groups excluding carboxylic acids is 2. The van der Waals surface area contributed by atoms with Gasteiger partial charge < -0.3 is 9.47 Å². The van der Waals surface area contributed by atoms with E-state index in [0.717, 1.165) is 6.08 Å².